The van der Waals surface area contributed by atoms with Crippen LogP contribution in [0.1, 0.15) is 50.4 Å². The van der Waals surface area contributed by atoms with Crippen LogP contribution in [0.4, 0.5) is 5.69 Å². The van der Waals surface area contributed by atoms with Gasteiger partial charge in [0.1, 0.15) is 11.5 Å². The molecule has 6 heteroatoms. The third-order valence-corrected chi connectivity index (χ3v) is 9.84. The third-order valence-electron chi connectivity index (χ3n) is 5.48. The quantitative estimate of drug-likeness (QED) is 0.366. The van der Waals surface area contributed by atoms with Crippen molar-refractivity contribution in [2.75, 3.05) is 18.5 Å². The topological polar surface area (TPSA) is 67.8 Å². The van der Waals surface area contributed by atoms with Crippen LogP contribution in [0, 0.1) is 0 Å². The number of aliphatic hydroxyl groups excluding tert-OH is 1. The average Bonchev–Trinajstić information content (AvgIpc) is 2.68. The van der Waals surface area contributed by atoms with E-state index in [1.54, 1.807) is 24.3 Å². The van der Waals surface area contributed by atoms with Crippen molar-refractivity contribution in [2.24, 2.45) is 0 Å². The number of benzene rings is 2. The fourth-order valence-corrected chi connectivity index (χ4v) is 3.57. The molecule has 2 aromatic carbocycles. The Kier molecular flexibility index (Phi) is 8.50. The molecule has 0 unspecified atom stereocenters. The van der Waals surface area contributed by atoms with E-state index in [9.17, 15) is 4.79 Å². The second kappa shape index (κ2) is 10.6. The molecule has 0 saturated heterocycles. The van der Waals surface area contributed by atoms with Gasteiger partial charge >= 0.3 is 0 Å². The maximum absolute atomic E-state index is 12.5. The van der Waals surface area contributed by atoms with Crippen LogP contribution < -0.4 is 14.5 Å². The highest BCUT2D eigenvalue weighted by molar-refractivity contribution is 6.74. The molecule has 30 heavy (non-hydrogen) atoms. The maximum Gasteiger partial charge on any atom is 0.255 e. The summed E-state index contributed by atoms with van der Waals surface area (Å²) in [6.45, 7) is 11.9. The maximum atomic E-state index is 12.5. The number of unbranched alkanes of at least 4 members (excludes halogenated alkanes) is 2. The summed E-state index contributed by atoms with van der Waals surface area (Å²) in [6.07, 6.45) is 2.64. The summed E-state index contributed by atoms with van der Waals surface area (Å²) in [5, 5.41) is 11.8. The van der Waals surface area contributed by atoms with Gasteiger partial charge in [0.05, 0.1) is 6.61 Å². The van der Waals surface area contributed by atoms with Gasteiger partial charge in [0, 0.05) is 17.9 Å². The molecule has 0 aliphatic rings. The molecule has 2 N–H and O–H groups in total. The number of ether oxygens (including phenoxy) is 1. The van der Waals surface area contributed by atoms with E-state index >= 15 is 0 Å². The van der Waals surface area contributed by atoms with E-state index in [0.717, 1.165) is 36.4 Å². The van der Waals surface area contributed by atoms with Crippen LogP contribution in [-0.4, -0.2) is 32.5 Å². The SMILES string of the molecule is CC(C)(C)[Si](C)(C)Oc1ccc(NC(=O)c2ccc(OCCCCCO)cc2)cc1. The fourth-order valence-electron chi connectivity index (χ4n) is 2.54. The van der Waals surface area contributed by atoms with Crippen molar-refractivity contribution in [1.29, 1.82) is 0 Å². The van der Waals surface area contributed by atoms with Gasteiger partial charge in [0.15, 0.2) is 0 Å². The van der Waals surface area contributed by atoms with Gasteiger partial charge in [-0.15, -0.1) is 0 Å². The van der Waals surface area contributed by atoms with E-state index in [1.807, 2.05) is 24.3 Å². The van der Waals surface area contributed by atoms with Crippen LogP contribution in [0.3, 0.4) is 0 Å². The molecule has 0 aliphatic heterocycles. The van der Waals surface area contributed by atoms with E-state index < -0.39 is 8.32 Å². The first-order valence-electron chi connectivity index (χ1n) is 10.6. The summed E-state index contributed by atoms with van der Waals surface area (Å²) in [6, 6.07) is 14.7. The lowest BCUT2D eigenvalue weighted by atomic mass is 10.2. The zero-order chi connectivity index (χ0) is 22.2. The van der Waals surface area contributed by atoms with E-state index in [2.05, 4.69) is 39.2 Å². The summed E-state index contributed by atoms with van der Waals surface area (Å²) in [5.41, 5.74) is 1.30. The van der Waals surface area contributed by atoms with Crippen molar-refractivity contribution in [1.82, 2.24) is 0 Å². The predicted octanol–water partition coefficient (Wildman–Crippen LogP) is 5.86. The molecule has 0 atom stereocenters. The molecular weight excluding hydrogens is 394 g/mol. The number of hydrogen-bond donors (Lipinski definition) is 2. The number of rotatable bonds is 10. The van der Waals surface area contributed by atoms with Gasteiger partial charge in [-0.05, 0) is 85.9 Å². The van der Waals surface area contributed by atoms with Crippen molar-refractivity contribution < 1.29 is 19.1 Å². The monoisotopic (exact) mass is 429 g/mol. The molecule has 0 bridgehead atoms. The van der Waals surface area contributed by atoms with Crippen molar-refractivity contribution in [2.45, 2.75) is 58.2 Å². The van der Waals surface area contributed by atoms with Crippen molar-refractivity contribution in [3.8, 4) is 11.5 Å². The van der Waals surface area contributed by atoms with Crippen LogP contribution in [0.15, 0.2) is 48.5 Å². The highest BCUT2D eigenvalue weighted by Crippen LogP contribution is 2.37. The first-order valence-corrected chi connectivity index (χ1v) is 13.5. The minimum absolute atomic E-state index is 0.134. The van der Waals surface area contributed by atoms with Gasteiger partial charge in [-0.3, -0.25) is 4.79 Å². The molecule has 0 radical (unpaired) electrons. The Balaban J connectivity index is 1.88. The zero-order valence-electron chi connectivity index (χ0n) is 18.8. The van der Waals surface area contributed by atoms with Crippen LogP contribution in [0.2, 0.25) is 18.1 Å². The molecule has 5 nitrogen and oxygen atoms in total. The Labute approximate surface area is 181 Å². The molecule has 0 fully saturated rings. The lowest BCUT2D eigenvalue weighted by Crippen LogP contribution is -2.43. The predicted molar refractivity (Wildman–Crippen MR) is 125 cm³/mol. The minimum Gasteiger partial charge on any atom is -0.544 e. The molecule has 0 spiro atoms. The van der Waals surface area contributed by atoms with Gasteiger partial charge in [-0.25, -0.2) is 0 Å². The van der Waals surface area contributed by atoms with Gasteiger partial charge in [0.25, 0.3) is 5.91 Å². The van der Waals surface area contributed by atoms with E-state index in [1.165, 1.54) is 0 Å². The van der Waals surface area contributed by atoms with Gasteiger partial charge in [-0.1, -0.05) is 20.8 Å². The van der Waals surface area contributed by atoms with Gasteiger partial charge in [0.2, 0.25) is 8.32 Å². The largest absolute Gasteiger partial charge is 0.544 e. The molecule has 2 rings (SSSR count). The first kappa shape index (κ1) is 24.0. The van der Waals surface area contributed by atoms with Crippen LogP contribution >= 0.6 is 0 Å². The van der Waals surface area contributed by atoms with Crippen LogP contribution in [-0.2, 0) is 0 Å². The Hall–Kier alpha value is -2.31. The number of carbonyl (C=O) groups excluding carboxylic acids is 1. The summed E-state index contributed by atoms with van der Waals surface area (Å²) in [5.74, 6) is 1.41. The number of amides is 1. The number of carbonyl (C=O) groups is 1. The van der Waals surface area contributed by atoms with E-state index in [4.69, 9.17) is 14.3 Å². The molecule has 0 aliphatic carbocycles. The number of anilines is 1. The molecule has 0 saturated carbocycles. The first-order chi connectivity index (χ1) is 14.1. The zero-order valence-corrected chi connectivity index (χ0v) is 19.8. The molecule has 0 aromatic heterocycles. The van der Waals surface area contributed by atoms with Crippen molar-refractivity contribution >= 4 is 19.9 Å². The van der Waals surface area contributed by atoms with Crippen LogP contribution in [0.5, 0.6) is 11.5 Å². The Morgan fingerprint density at radius 3 is 2.10 bits per heavy atom. The molecule has 1 amide bonds. The average molecular weight is 430 g/mol. The van der Waals surface area contributed by atoms with Gasteiger partial charge in [-0.2, -0.15) is 0 Å². The molecular formula is C24H35NO4Si. The smallest absolute Gasteiger partial charge is 0.255 e. The van der Waals surface area contributed by atoms with Gasteiger partial charge < -0.3 is 19.6 Å². The molecule has 2 aromatic rings. The fraction of sp³-hybridized carbons (Fsp3) is 0.458. The summed E-state index contributed by atoms with van der Waals surface area (Å²) < 4.78 is 11.9. The highest BCUT2D eigenvalue weighted by Gasteiger charge is 2.38. The number of nitrogens with one attached hydrogen (secondary N) is 1. The minimum atomic E-state index is -1.88. The van der Waals surface area contributed by atoms with E-state index in [-0.39, 0.29) is 17.6 Å². The second-order valence-electron chi connectivity index (χ2n) is 9.00. The Bertz CT molecular complexity index is 795. The van der Waals surface area contributed by atoms with Crippen LogP contribution in [0.25, 0.3) is 0 Å². The molecule has 164 valence electrons. The normalized spacial score (nSPS) is 11.8. The standard InChI is InChI=1S/C24H35NO4Si/c1-24(2,3)30(4,5)29-22-15-11-20(12-16-22)25-23(27)19-9-13-21(14-10-19)28-18-8-6-7-17-26/h9-16,26H,6-8,17-18H2,1-5H3,(H,25,27). The lowest BCUT2D eigenvalue weighted by Gasteiger charge is -2.36. The third kappa shape index (κ3) is 7.18. The summed E-state index contributed by atoms with van der Waals surface area (Å²) in [4.78, 5) is 12.5. The summed E-state index contributed by atoms with van der Waals surface area (Å²) in [7, 11) is -1.88. The second-order valence-corrected chi connectivity index (χ2v) is 13.7. The number of hydrogen-bond acceptors (Lipinski definition) is 4. The van der Waals surface area contributed by atoms with Crippen molar-refractivity contribution in [3.05, 3.63) is 54.1 Å². The summed E-state index contributed by atoms with van der Waals surface area (Å²) >= 11 is 0. The number of aliphatic hydroxyl groups is 1. The lowest BCUT2D eigenvalue weighted by molar-refractivity contribution is 0.102. The molecule has 0 heterocycles. The Morgan fingerprint density at radius 1 is 0.933 bits per heavy atom. The highest BCUT2D eigenvalue weighted by atomic mass is 28.4. The van der Waals surface area contributed by atoms with E-state index in [0.29, 0.717) is 12.2 Å². The van der Waals surface area contributed by atoms with Crippen molar-refractivity contribution in [3.63, 3.8) is 0 Å². The Morgan fingerprint density at radius 2 is 1.53 bits per heavy atom.